The van der Waals surface area contributed by atoms with Crippen molar-refractivity contribution < 1.29 is 9.18 Å². The van der Waals surface area contributed by atoms with Crippen LogP contribution >= 0.6 is 11.8 Å². The zero-order valence-corrected chi connectivity index (χ0v) is 16.1. The Bertz CT molecular complexity index is 749. The molecule has 138 valence electrons. The van der Waals surface area contributed by atoms with E-state index in [4.69, 9.17) is 0 Å². The minimum absolute atomic E-state index is 0.0213. The lowest BCUT2D eigenvalue weighted by molar-refractivity contribution is -0.127. The molecule has 0 radical (unpaired) electrons. The first-order valence-electron chi connectivity index (χ1n) is 9.15. The summed E-state index contributed by atoms with van der Waals surface area (Å²) in [5.74, 6) is 0.645. The van der Waals surface area contributed by atoms with E-state index in [1.165, 1.54) is 6.07 Å². The van der Waals surface area contributed by atoms with Crippen molar-refractivity contribution >= 4 is 17.7 Å². The van der Waals surface area contributed by atoms with Crippen LogP contribution in [0.2, 0.25) is 0 Å². The molecule has 0 fully saturated rings. The fourth-order valence-electron chi connectivity index (χ4n) is 3.52. The van der Waals surface area contributed by atoms with Crippen LogP contribution in [0.1, 0.15) is 43.5 Å². The smallest absolute Gasteiger partial charge is 0.242 e. The number of benzene rings is 2. The van der Waals surface area contributed by atoms with Crippen molar-refractivity contribution in [2.75, 3.05) is 18.8 Å². The second kappa shape index (κ2) is 8.69. The van der Waals surface area contributed by atoms with E-state index in [-0.39, 0.29) is 23.8 Å². The Morgan fingerprint density at radius 1 is 1.23 bits per heavy atom. The highest BCUT2D eigenvalue weighted by molar-refractivity contribution is 7.99. The van der Waals surface area contributed by atoms with Gasteiger partial charge in [0.1, 0.15) is 11.9 Å². The van der Waals surface area contributed by atoms with Crippen molar-refractivity contribution in [3.8, 4) is 0 Å². The molecule has 1 aliphatic rings. The van der Waals surface area contributed by atoms with Crippen LogP contribution in [-0.2, 0) is 4.79 Å². The first-order valence-corrected chi connectivity index (χ1v) is 10.1. The van der Waals surface area contributed by atoms with E-state index < -0.39 is 0 Å². The molecule has 5 heteroatoms. The van der Waals surface area contributed by atoms with Crippen LogP contribution in [0, 0.1) is 5.82 Å². The average Bonchev–Trinajstić information content (AvgIpc) is 2.67. The summed E-state index contributed by atoms with van der Waals surface area (Å²) < 4.78 is 13.7. The number of likely N-dealkylation sites (N-methyl/N-ethyl adjacent to an activating group) is 1. The van der Waals surface area contributed by atoms with Gasteiger partial charge in [-0.05, 0) is 48.8 Å². The van der Waals surface area contributed by atoms with E-state index in [1.807, 2.05) is 36.4 Å². The summed E-state index contributed by atoms with van der Waals surface area (Å²) in [6.07, 6.45) is 0.812. The first kappa shape index (κ1) is 18.9. The van der Waals surface area contributed by atoms with Crippen LogP contribution in [0.3, 0.4) is 0 Å². The summed E-state index contributed by atoms with van der Waals surface area (Å²) in [7, 11) is 0. The van der Waals surface area contributed by atoms with Gasteiger partial charge >= 0.3 is 0 Å². The van der Waals surface area contributed by atoms with Gasteiger partial charge in [0.05, 0.1) is 6.04 Å². The fourth-order valence-corrected chi connectivity index (χ4v) is 4.62. The zero-order chi connectivity index (χ0) is 18.5. The molecule has 2 atom stereocenters. The lowest BCUT2D eigenvalue weighted by Crippen LogP contribution is -2.42. The van der Waals surface area contributed by atoms with Crippen LogP contribution in [0.25, 0.3) is 0 Å². The molecular weight excluding hydrogens is 347 g/mol. The Morgan fingerprint density at radius 2 is 1.96 bits per heavy atom. The van der Waals surface area contributed by atoms with Gasteiger partial charge in [0.2, 0.25) is 5.91 Å². The second-order valence-corrected chi connectivity index (χ2v) is 7.55. The number of rotatable bonds is 6. The van der Waals surface area contributed by atoms with Crippen LogP contribution in [-0.4, -0.2) is 29.6 Å². The maximum Gasteiger partial charge on any atom is 0.242 e. The monoisotopic (exact) mass is 372 g/mol. The predicted molar refractivity (Wildman–Crippen MR) is 105 cm³/mol. The largest absolute Gasteiger partial charge is 0.348 e. The third-order valence-electron chi connectivity index (χ3n) is 4.87. The summed E-state index contributed by atoms with van der Waals surface area (Å²) in [5.41, 5.74) is 1.87. The molecule has 1 N–H and O–H groups in total. The van der Waals surface area contributed by atoms with Crippen molar-refractivity contribution in [3.63, 3.8) is 0 Å². The topological polar surface area (TPSA) is 32.3 Å². The molecule has 2 unspecified atom stereocenters. The fraction of sp³-hybridized carbons (Fsp3) is 0.381. The number of halogens is 1. The van der Waals surface area contributed by atoms with E-state index in [2.05, 4.69) is 24.1 Å². The van der Waals surface area contributed by atoms with E-state index in [9.17, 15) is 9.18 Å². The number of amides is 1. The van der Waals surface area contributed by atoms with E-state index in [0.717, 1.165) is 41.3 Å². The number of nitrogens with one attached hydrogen (secondary N) is 1. The highest BCUT2D eigenvalue weighted by Gasteiger charge is 2.30. The summed E-state index contributed by atoms with van der Waals surface area (Å²) >= 11 is 1.72. The molecule has 0 bridgehead atoms. The Labute approximate surface area is 159 Å². The van der Waals surface area contributed by atoms with Crippen LogP contribution in [0.15, 0.2) is 53.4 Å². The van der Waals surface area contributed by atoms with Crippen molar-refractivity contribution in [1.29, 1.82) is 0 Å². The van der Waals surface area contributed by atoms with Crippen molar-refractivity contribution in [2.24, 2.45) is 0 Å². The van der Waals surface area contributed by atoms with Gasteiger partial charge in [-0.3, -0.25) is 9.69 Å². The zero-order valence-electron chi connectivity index (χ0n) is 15.2. The number of hydrogen-bond donors (Lipinski definition) is 1. The van der Waals surface area contributed by atoms with Crippen molar-refractivity contribution in [1.82, 2.24) is 10.2 Å². The molecular formula is C21H25FN2OS. The van der Waals surface area contributed by atoms with E-state index >= 15 is 0 Å². The Kier molecular flexibility index (Phi) is 6.33. The molecule has 26 heavy (non-hydrogen) atoms. The van der Waals surface area contributed by atoms with Crippen molar-refractivity contribution in [2.45, 2.75) is 37.2 Å². The maximum absolute atomic E-state index is 13.7. The molecule has 1 aliphatic heterocycles. The third-order valence-corrected chi connectivity index (χ3v) is 5.99. The molecule has 2 aromatic carbocycles. The van der Waals surface area contributed by atoms with Gasteiger partial charge < -0.3 is 5.32 Å². The number of fused-ring (bicyclic) bond motifs is 1. The summed E-state index contributed by atoms with van der Waals surface area (Å²) in [6.45, 7) is 5.70. The minimum Gasteiger partial charge on any atom is -0.348 e. The van der Waals surface area contributed by atoms with Gasteiger partial charge in [0.15, 0.2) is 0 Å². The molecule has 0 aromatic heterocycles. The summed E-state index contributed by atoms with van der Waals surface area (Å²) in [6, 6.07) is 14.2. The number of hydrogen-bond acceptors (Lipinski definition) is 3. The predicted octanol–water partition coefficient (Wildman–Crippen LogP) is 4.56. The number of thioether (sulfide) groups is 1. The maximum atomic E-state index is 13.7. The molecule has 3 rings (SSSR count). The molecule has 0 spiro atoms. The van der Waals surface area contributed by atoms with E-state index in [0.29, 0.717) is 0 Å². The minimum atomic E-state index is -0.335. The van der Waals surface area contributed by atoms with Crippen LogP contribution < -0.4 is 5.32 Å². The number of carbonyl (C=O) groups is 1. The molecule has 1 heterocycles. The quantitative estimate of drug-likeness (QED) is 0.807. The van der Waals surface area contributed by atoms with Gasteiger partial charge in [-0.1, -0.05) is 44.2 Å². The van der Waals surface area contributed by atoms with Crippen LogP contribution in [0.4, 0.5) is 4.39 Å². The molecule has 0 aliphatic carbocycles. The molecule has 0 saturated heterocycles. The lowest BCUT2D eigenvalue weighted by Gasteiger charge is -2.32. The van der Waals surface area contributed by atoms with Gasteiger partial charge in [0, 0.05) is 10.6 Å². The lowest BCUT2D eigenvalue weighted by atomic mass is 10.0. The summed E-state index contributed by atoms with van der Waals surface area (Å²) in [4.78, 5) is 16.4. The normalized spacial score (nSPS) is 17.6. The summed E-state index contributed by atoms with van der Waals surface area (Å²) in [5, 5.41) is 3.19. The van der Waals surface area contributed by atoms with Crippen LogP contribution in [0.5, 0.6) is 0 Å². The SMILES string of the molecule is CCN(CC)C(C(=O)NC1CCSc2ccc(F)cc21)c1ccccc1. The van der Waals surface area contributed by atoms with E-state index in [1.54, 1.807) is 17.8 Å². The molecule has 2 aromatic rings. The first-order chi connectivity index (χ1) is 12.6. The van der Waals surface area contributed by atoms with Crippen molar-refractivity contribution in [3.05, 3.63) is 65.5 Å². The highest BCUT2D eigenvalue weighted by Crippen LogP contribution is 2.37. The Balaban J connectivity index is 1.86. The van der Waals surface area contributed by atoms with Gasteiger partial charge in [0.25, 0.3) is 0 Å². The molecule has 1 amide bonds. The second-order valence-electron chi connectivity index (χ2n) is 6.41. The Hall–Kier alpha value is -1.85. The third kappa shape index (κ3) is 4.10. The number of nitrogens with zero attached hydrogens (tertiary/aromatic N) is 1. The number of carbonyl (C=O) groups excluding carboxylic acids is 1. The molecule has 3 nitrogen and oxygen atoms in total. The van der Waals surface area contributed by atoms with Gasteiger partial charge in [-0.2, -0.15) is 0 Å². The molecule has 0 saturated carbocycles. The average molecular weight is 373 g/mol. The Morgan fingerprint density at radius 3 is 2.65 bits per heavy atom. The highest BCUT2D eigenvalue weighted by atomic mass is 32.2. The van der Waals surface area contributed by atoms with Gasteiger partial charge in [-0.15, -0.1) is 11.8 Å². The van der Waals surface area contributed by atoms with Gasteiger partial charge in [-0.25, -0.2) is 4.39 Å². The standard InChI is InChI=1S/C21H25FN2OS/c1-3-24(4-2)20(15-8-6-5-7-9-15)21(25)23-18-12-13-26-19-11-10-16(22)14-17(18)19/h5-11,14,18,20H,3-4,12-13H2,1-2H3,(H,23,25).